The summed E-state index contributed by atoms with van der Waals surface area (Å²) in [7, 11) is 1.62. The van der Waals surface area contributed by atoms with E-state index in [2.05, 4.69) is 10.6 Å². The molecule has 6 rings (SSSR count). The lowest BCUT2D eigenvalue weighted by Crippen LogP contribution is -2.55. The Kier molecular flexibility index (Phi) is 7.36. The summed E-state index contributed by atoms with van der Waals surface area (Å²) in [6.45, 7) is 2.54. The van der Waals surface area contributed by atoms with Gasteiger partial charge in [-0.3, -0.25) is 14.4 Å². The van der Waals surface area contributed by atoms with E-state index in [1.165, 1.54) is 6.42 Å². The molecule has 3 fully saturated rings. The molecule has 8 heteroatoms. The molecule has 1 spiro atoms. The van der Waals surface area contributed by atoms with Gasteiger partial charge in [-0.25, -0.2) is 0 Å². The quantitative estimate of drug-likeness (QED) is 0.460. The van der Waals surface area contributed by atoms with Gasteiger partial charge in [0.2, 0.25) is 17.7 Å². The molecule has 2 aromatic carbocycles. The highest BCUT2D eigenvalue weighted by Crippen LogP contribution is 2.59. The lowest BCUT2D eigenvalue weighted by atomic mass is 9.70. The summed E-state index contributed by atoms with van der Waals surface area (Å²) < 4.78 is 11.9. The summed E-state index contributed by atoms with van der Waals surface area (Å²) in [6, 6.07) is 16.6. The van der Waals surface area contributed by atoms with Gasteiger partial charge in [0.05, 0.1) is 24.5 Å². The van der Waals surface area contributed by atoms with Crippen LogP contribution in [0.4, 0.5) is 0 Å². The number of carbonyl (C=O) groups excluding carboxylic acids is 3. The van der Waals surface area contributed by atoms with Crippen LogP contribution in [0.15, 0.2) is 66.7 Å². The number of nitrogens with one attached hydrogen (secondary N) is 2. The molecule has 41 heavy (non-hydrogen) atoms. The zero-order chi connectivity index (χ0) is 28.6. The molecular weight excluding hydrogens is 518 g/mol. The largest absolute Gasteiger partial charge is 0.497 e. The molecule has 0 unspecified atom stereocenters. The zero-order valence-corrected chi connectivity index (χ0v) is 23.8. The van der Waals surface area contributed by atoms with E-state index < -0.39 is 29.1 Å². The number of nitrogens with zero attached hydrogens (tertiary/aromatic N) is 1. The van der Waals surface area contributed by atoms with Crippen LogP contribution in [0.1, 0.15) is 50.2 Å². The highest BCUT2D eigenvalue weighted by molar-refractivity contribution is 6.00. The van der Waals surface area contributed by atoms with Crippen molar-refractivity contribution in [2.75, 3.05) is 13.7 Å². The van der Waals surface area contributed by atoms with E-state index in [-0.39, 0.29) is 23.8 Å². The van der Waals surface area contributed by atoms with Gasteiger partial charge < -0.3 is 25.0 Å². The van der Waals surface area contributed by atoms with Crippen LogP contribution in [-0.4, -0.2) is 59.6 Å². The molecule has 5 atom stereocenters. The van der Waals surface area contributed by atoms with E-state index in [1.54, 1.807) is 12.0 Å². The van der Waals surface area contributed by atoms with Crippen LogP contribution in [0.3, 0.4) is 0 Å². The van der Waals surface area contributed by atoms with Gasteiger partial charge in [0, 0.05) is 19.1 Å². The Hall–Kier alpha value is -3.65. The first kappa shape index (κ1) is 27.5. The van der Waals surface area contributed by atoms with E-state index in [1.807, 2.05) is 73.7 Å². The van der Waals surface area contributed by atoms with Gasteiger partial charge in [-0.1, -0.05) is 73.9 Å². The minimum atomic E-state index is -1.19. The fourth-order valence-corrected chi connectivity index (χ4v) is 7.33. The number of ether oxygens (including phenoxy) is 2. The Bertz CT molecular complexity index is 1320. The molecule has 2 aromatic rings. The molecule has 8 nitrogen and oxygen atoms in total. The van der Waals surface area contributed by atoms with E-state index in [9.17, 15) is 14.4 Å². The van der Waals surface area contributed by atoms with Crippen molar-refractivity contribution in [3.63, 3.8) is 0 Å². The molecule has 1 aliphatic carbocycles. The summed E-state index contributed by atoms with van der Waals surface area (Å²) in [5.41, 5.74) is -0.149. The van der Waals surface area contributed by atoms with Crippen molar-refractivity contribution >= 4 is 17.7 Å². The normalized spacial score (nSPS) is 30.3. The van der Waals surface area contributed by atoms with Gasteiger partial charge in [-0.05, 0) is 49.4 Å². The van der Waals surface area contributed by atoms with Crippen LogP contribution in [0.25, 0.3) is 0 Å². The van der Waals surface area contributed by atoms with Crippen molar-refractivity contribution < 1.29 is 23.9 Å². The van der Waals surface area contributed by atoms with E-state index in [4.69, 9.17) is 9.47 Å². The van der Waals surface area contributed by atoms with Gasteiger partial charge in [0.25, 0.3) is 0 Å². The Balaban J connectivity index is 1.28. The number of fused-ring (bicyclic) bond motifs is 1. The van der Waals surface area contributed by atoms with Crippen molar-refractivity contribution in [1.82, 2.24) is 15.5 Å². The molecule has 3 aliphatic heterocycles. The summed E-state index contributed by atoms with van der Waals surface area (Å²) in [6.07, 6.45) is 9.61. The first-order valence-corrected chi connectivity index (χ1v) is 14.8. The van der Waals surface area contributed by atoms with Crippen LogP contribution in [0.5, 0.6) is 5.75 Å². The van der Waals surface area contributed by atoms with Crippen LogP contribution >= 0.6 is 0 Å². The maximum Gasteiger partial charge on any atom is 0.246 e. The van der Waals surface area contributed by atoms with Crippen molar-refractivity contribution in [2.24, 2.45) is 11.8 Å². The maximum atomic E-state index is 14.3. The Morgan fingerprint density at radius 2 is 1.71 bits per heavy atom. The summed E-state index contributed by atoms with van der Waals surface area (Å²) in [4.78, 5) is 43.7. The average Bonchev–Trinajstić information content (AvgIpc) is 3.56. The van der Waals surface area contributed by atoms with Gasteiger partial charge >= 0.3 is 0 Å². The molecule has 216 valence electrons. The van der Waals surface area contributed by atoms with Crippen molar-refractivity contribution in [3.05, 3.63) is 77.9 Å². The van der Waals surface area contributed by atoms with Gasteiger partial charge in [-0.15, -0.1) is 0 Å². The van der Waals surface area contributed by atoms with Crippen LogP contribution in [0, 0.1) is 11.8 Å². The maximum absolute atomic E-state index is 14.3. The van der Waals surface area contributed by atoms with Crippen molar-refractivity contribution in [1.29, 1.82) is 0 Å². The summed E-state index contributed by atoms with van der Waals surface area (Å²) in [5.74, 6) is -1.32. The minimum Gasteiger partial charge on any atom is -0.497 e. The molecule has 4 aliphatic rings. The highest BCUT2D eigenvalue weighted by atomic mass is 16.5. The third-order valence-electron chi connectivity index (χ3n) is 9.39. The van der Waals surface area contributed by atoms with Gasteiger partial charge in [-0.2, -0.15) is 0 Å². The first-order chi connectivity index (χ1) is 19.8. The number of amides is 3. The number of rotatable bonds is 9. The second-order valence-electron chi connectivity index (χ2n) is 12.0. The fourth-order valence-electron chi connectivity index (χ4n) is 7.33. The lowest BCUT2D eigenvalue weighted by molar-refractivity contribution is -0.145. The van der Waals surface area contributed by atoms with E-state index in [0.717, 1.165) is 42.6 Å². The van der Waals surface area contributed by atoms with E-state index in [0.29, 0.717) is 19.5 Å². The fraction of sp³-hybridized carbons (Fsp3) is 0.485. The predicted molar refractivity (Wildman–Crippen MR) is 154 cm³/mol. The lowest BCUT2D eigenvalue weighted by Gasteiger charge is -2.33. The van der Waals surface area contributed by atoms with Crippen molar-refractivity contribution in [3.8, 4) is 5.75 Å². The third kappa shape index (κ3) is 4.92. The molecular formula is C33H39N3O5. The molecule has 1 saturated carbocycles. The second kappa shape index (κ2) is 11.0. The predicted octanol–water partition coefficient (Wildman–Crippen LogP) is 3.54. The molecule has 2 bridgehead atoms. The summed E-state index contributed by atoms with van der Waals surface area (Å²) in [5, 5.41) is 6.29. The second-order valence-corrected chi connectivity index (χ2v) is 12.0. The smallest absolute Gasteiger partial charge is 0.246 e. The van der Waals surface area contributed by atoms with E-state index >= 15 is 0 Å². The summed E-state index contributed by atoms with van der Waals surface area (Å²) >= 11 is 0. The standard InChI is InChI=1S/C33H39N3O5/c1-32-18-19-33(41-32)27(26(32)29(37)35-24-11-7-4-8-12-24)31(39)36(20-17-22-13-15-25(40-2)16-14-22)28(33)30(38)34-21-23-9-5-3-6-10-23/h3,5-6,9-10,13-16,18-19,24,26-28H,4,7-8,11-12,17,20-21H2,1-2H3,(H,34,38)(H,35,37)/t26-,27+,28+,32-,33+/m1/s1. The van der Waals surface area contributed by atoms with Crippen LogP contribution in [-0.2, 0) is 32.1 Å². The zero-order valence-electron chi connectivity index (χ0n) is 23.8. The number of hydrogen-bond acceptors (Lipinski definition) is 5. The third-order valence-corrected chi connectivity index (χ3v) is 9.39. The Morgan fingerprint density at radius 1 is 0.976 bits per heavy atom. The van der Waals surface area contributed by atoms with Crippen LogP contribution in [0.2, 0.25) is 0 Å². The molecule has 3 amide bonds. The number of methoxy groups -OCH3 is 1. The Labute approximate surface area is 241 Å². The molecule has 0 aromatic heterocycles. The SMILES string of the molecule is COc1ccc(CCN2C(=O)[C@@H]3[C@H](C(=O)NC4CCCCC4)[C@@]4(C)C=C[C@@]3(O4)[C@@H]2C(=O)NCc2ccccc2)cc1. The monoisotopic (exact) mass is 557 g/mol. The topological polar surface area (TPSA) is 97.0 Å². The number of hydrogen-bond donors (Lipinski definition) is 2. The highest BCUT2D eigenvalue weighted by Gasteiger charge is 2.76. The molecule has 3 heterocycles. The average molecular weight is 558 g/mol. The van der Waals surface area contributed by atoms with Gasteiger partial charge in [0.15, 0.2) is 0 Å². The molecule has 2 N–H and O–H groups in total. The number of benzene rings is 2. The number of carbonyl (C=O) groups is 3. The minimum absolute atomic E-state index is 0.117. The van der Waals surface area contributed by atoms with Crippen molar-refractivity contribution in [2.45, 2.75) is 75.3 Å². The molecule has 0 radical (unpaired) electrons. The first-order valence-electron chi connectivity index (χ1n) is 14.8. The Morgan fingerprint density at radius 3 is 2.41 bits per heavy atom. The molecule has 2 saturated heterocycles. The van der Waals surface area contributed by atoms with Crippen LogP contribution < -0.4 is 15.4 Å². The number of likely N-dealkylation sites (tertiary alicyclic amines) is 1. The van der Waals surface area contributed by atoms with Gasteiger partial charge in [0.1, 0.15) is 17.4 Å².